The van der Waals surface area contributed by atoms with Crippen molar-refractivity contribution in [3.05, 3.63) is 50.7 Å². The Morgan fingerprint density at radius 3 is 2.88 bits per heavy atom. The topological polar surface area (TPSA) is 95.4 Å². The maximum Gasteiger partial charge on any atom is 0.332 e. The van der Waals surface area contributed by atoms with Crippen LogP contribution >= 0.6 is 0 Å². The third-order valence-electron chi connectivity index (χ3n) is 4.44. The molecule has 1 aliphatic heterocycles. The van der Waals surface area contributed by atoms with E-state index in [2.05, 4.69) is 15.5 Å². The molecule has 9 nitrogen and oxygen atoms in total. The van der Waals surface area contributed by atoms with Crippen LogP contribution in [0.3, 0.4) is 0 Å². The third kappa shape index (κ3) is 2.40. The predicted octanol–water partition coefficient (Wildman–Crippen LogP) is 0.755. The van der Waals surface area contributed by atoms with E-state index in [1.165, 1.54) is 9.13 Å². The maximum absolute atomic E-state index is 13.1. The van der Waals surface area contributed by atoms with Crippen molar-refractivity contribution in [2.75, 3.05) is 12.5 Å². The van der Waals surface area contributed by atoms with Gasteiger partial charge in [0.25, 0.3) is 5.56 Å². The van der Waals surface area contributed by atoms with Crippen LogP contribution in [0.25, 0.3) is 11.2 Å². The summed E-state index contributed by atoms with van der Waals surface area (Å²) in [5.41, 5.74) is 4.38. The van der Waals surface area contributed by atoms with Gasteiger partial charge >= 0.3 is 5.69 Å². The lowest BCUT2D eigenvalue weighted by Gasteiger charge is -2.14. The fourth-order valence-corrected chi connectivity index (χ4v) is 3.11. The van der Waals surface area contributed by atoms with Crippen LogP contribution in [-0.4, -0.2) is 31.5 Å². The Hall–Kier alpha value is -3.36. The zero-order chi connectivity index (χ0) is 18.4. The molecule has 2 aromatic heterocycles. The number of nitrogens with zero attached hydrogens (tertiary/aromatic N) is 5. The highest BCUT2D eigenvalue weighted by Gasteiger charge is 2.22. The number of nitrogens with one attached hydrogen (secondary N) is 1. The number of hydrogen-bond acceptors (Lipinski definition) is 6. The zero-order valence-electron chi connectivity index (χ0n) is 14.7. The molecule has 0 unspecified atom stereocenters. The second kappa shape index (κ2) is 5.87. The van der Waals surface area contributed by atoms with Gasteiger partial charge in [0.1, 0.15) is 5.75 Å². The Morgan fingerprint density at radius 2 is 2.12 bits per heavy atom. The third-order valence-corrected chi connectivity index (χ3v) is 4.44. The molecule has 4 rings (SSSR count). The van der Waals surface area contributed by atoms with Gasteiger partial charge in [-0.05, 0) is 24.6 Å². The summed E-state index contributed by atoms with van der Waals surface area (Å²) in [5, 5.41) is 4.13. The van der Waals surface area contributed by atoms with Crippen LogP contribution in [0.1, 0.15) is 12.5 Å². The molecule has 0 atom stereocenters. The average molecular weight is 354 g/mol. The van der Waals surface area contributed by atoms with E-state index >= 15 is 0 Å². The minimum atomic E-state index is -0.418. The molecule has 0 saturated heterocycles. The number of anilines is 1. The lowest BCUT2D eigenvalue weighted by molar-refractivity contribution is 0.414. The van der Waals surface area contributed by atoms with Crippen molar-refractivity contribution >= 4 is 22.8 Å². The van der Waals surface area contributed by atoms with Gasteiger partial charge in [0, 0.05) is 7.05 Å². The number of methoxy groups -OCH3 is 1. The molecule has 0 saturated carbocycles. The molecule has 0 amide bonds. The van der Waals surface area contributed by atoms with Crippen molar-refractivity contribution in [2.45, 2.75) is 20.0 Å². The number of aromatic nitrogens is 4. The molecule has 1 aliphatic rings. The molecule has 9 heteroatoms. The minimum absolute atomic E-state index is 0.152. The standard InChI is InChI=1S/C17H18N6O3/c1-10-8-22-13-14(18-16(22)20-19-10)21(2)17(25)23(15(13)24)9-11-5-4-6-12(7-11)26-3/h4-7H,8-9H2,1-3H3,(H,18,20). The van der Waals surface area contributed by atoms with Crippen molar-refractivity contribution in [3.63, 3.8) is 0 Å². The lowest BCUT2D eigenvalue weighted by Crippen LogP contribution is -2.40. The molecule has 0 spiro atoms. The molecule has 0 bridgehead atoms. The first-order valence-corrected chi connectivity index (χ1v) is 8.11. The summed E-state index contributed by atoms with van der Waals surface area (Å²) in [6.45, 7) is 2.46. The molecule has 3 heterocycles. The van der Waals surface area contributed by atoms with Gasteiger partial charge in [-0.1, -0.05) is 12.1 Å². The van der Waals surface area contributed by atoms with Crippen LogP contribution in [-0.2, 0) is 20.1 Å². The zero-order valence-corrected chi connectivity index (χ0v) is 14.7. The number of fused-ring (bicyclic) bond motifs is 3. The summed E-state index contributed by atoms with van der Waals surface area (Å²) >= 11 is 0. The van der Waals surface area contributed by atoms with E-state index in [9.17, 15) is 9.59 Å². The second-order valence-corrected chi connectivity index (χ2v) is 6.24. The summed E-state index contributed by atoms with van der Waals surface area (Å²) in [6.07, 6.45) is 0. The summed E-state index contributed by atoms with van der Waals surface area (Å²) in [5.74, 6) is 1.13. The van der Waals surface area contributed by atoms with Crippen molar-refractivity contribution in [2.24, 2.45) is 12.1 Å². The smallest absolute Gasteiger partial charge is 0.332 e. The van der Waals surface area contributed by atoms with E-state index in [1.807, 2.05) is 25.1 Å². The Bertz CT molecular complexity index is 1170. The number of imidazole rings is 1. The van der Waals surface area contributed by atoms with Crippen LogP contribution < -0.4 is 21.4 Å². The van der Waals surface area contributed by atoms with Crippen LogP contribution in [0.2, 0.25) is 0 Å². The highest BCUT2D eigenvalue weighted by molar-refractivity contribution is 5.87. The van der Waals surface area contributed by atoms with Crippen molar-refractivity contribution in [3.8, 4) is 5.75 Å². The predicted molar refractivity (Wildman–Crippen MR) is 98.1 cm³/mol. The number of ether oxygens (including phenoxy) is 1. The Labute approximate surface area is 148 Å². The average Bonchev–Trinajstić information content (AvgIpc) is 3.02. The van der Waals surface area contributed by atoms with E-state index in [1.54, 1.807) is 24.8 Å². The number of rotatable bonds is 3. The fraction of sp³-hybridized carbons (Fsp3) is 0.294. The molecule has 26 heavy (non-hydrogen) atoms. The van der Waals surface area contributed by atoms with E-state index in [-0.39, 0.29) is 12.1 Å². The van der Waals surface area contributed by atoms with Crippen LogP contribution in [0, 0.1) is 0 Å². The first kappa shape index (κ1) is 16.1. The van der Waals surface area contributed by atoms with Crippen LogP contribution in [0.5, 0.6) is 5.75 Å². The fourth-order valence-electron chi connectivity index (χ4n) is 3.11. The van der Waals surface area contributed by atoms with Crippen molar-refractivity contribution in [1.29, 1.82) is 0 Å². The summed E-state index contributed by atoms with van der Waals surface area (Å²) in [4.78, 5) is 30.2. The molecule has 0 radical (unpaired) electrons. The van der Waals surface area contributed by atoms with Gasteiger partial charge in [-0.3, -0.25) is 18.5 Å². The molecule has 0 aliphatic carbocycles. The quantitative estimate of drug-likeness (QED) is 0.749. The van der Waals surface area contributed by atoms with E-state index in [0.29, 0.717) is 29.4 Å². The first-order valence-electron chi connectivity index (χ1n) is 8.11. The van der Waals surface area contributed by atoms with Crippen molar-refractivity contribution < 1.29 is 4.74 Å². The largest absolute Gasteiger partial charge is 0.497 e. The Kier molecular flexibility index (Phi) is 3.64. The number of hydrazone groups is 1. The second-order valence-electron chi connectivity index (χ2n) is 6.24. The van der Waals surface area contributed by atoms with E-state index in [0.717, 1.165) is 11.3 Å². The molecular weight excluding hydrogens is 336 g/mol. The normalized spacial score (nSPS) is 13.3. The number of benzene rings is 1. The molecule has 0 fully saturated rings. The van der Waals surface area contributed by atoms with Gasteiger partial charge < -0.3 is 4.74 Å². The molecule has 3 aromatic rings. The van der Waals surface area contributed by atoms with Gasteiger partial charge in [0.2, 0.25) is 5.95 Å². The van der Waals surface area contributed by atoms with Crippen molar-refractivity contribution in [1.82, 2.24) is 18.7 Å². The van der Waals surface area contributed by atoms with Crippen LogP contribution in [0.15, 0.2) is 39.0 Å². The van der Waals surface area contributed by atoms with Crippen LogP contribution in [0.4, 0.5) is 5.95 Å². The molecular formula is C17H18N6O3. The first-order chi connectivity index (χ1) is 12.5. The molecule has 1 aromatic carbocycles. The highest BCUT2D eigenvalue weighted by Crippen LogP contribution is 2.19. The summed E-state index contributed by atoms with van der Waals surface area (Å²) in [6, 6.07) is 7.30. The number of aryl methyl sites for hydroxylation is 1. The Balaban J connectivity index is 1.92. The van der Waals surface area contributed by atoms with E-state index < -0.39 is 5.69 Å². The monoisotopic (exact) mass is 354 g/mol. The summed E-state index contributed by atoms with van der Waals surface area (Å²) in [7, 11) is 3.19. The van der Waals surface area contributed by atoms with Gasteiger partial charge in [0.05, 0.1) is 25.9 Å². The number of hydrogen-bond donors (Lipinski definition) is 1. The Morgan fingerprint density at radius 1 is 1.31 bits per heavy atom. The lowest BCUT2D eigenvalue weighted by atomic mass is 10.2. The molecule has 1 N–H and O–H groups in total. The van der Waals surface area contributed by atoms with E-state index in [4.69, 9.17) is 4.74 Å². The SMILES string of the molecule is COc1cccc(Cn2c(=O)c3c(nc4n3CC(C)=NN4)n(C)c2=O)c1. The van der Waals surface area contributed by atoms with Gasteiger partial charge in [-0.25, -0.2) is 10.2 Å². The minimum Gasteiger partial charge on any atom is -0.497 e. The summed E-state index contributed by atoms with van der Waals surface area (Å²) < 4.78 is 9.57. The highest BCUT2D eigenvalue weighted by atomic mass is 16.5. The molecule has 134 valence electrons. The van der Waals surface area contributed by atoms with Gasteiger partial charge in [-0.2, -0.15) is 10.1 Å². The van der Waals surface area contributed by atoms with Gasteiger partial charge in [0.15, 0.2) is 11.2 Å². The maximum atomic E-state index is 13.1. The van der Waals surface area contributed by atoms with Gasteiger partial charge in [-0.15, -0.1) is 0 Å².